The van der Waals surface area contributed by atoms with Crippen LogP contribution in [0.4, 0.5) is 5.69 Å². The Labute approximate surface area is 155 Å². The van der Waals surface area contributed by atoms with Gasteiger partial charge in [0.05, 0.1) is 0 Å². The second-order valence-corrected chi connectivity index (χ2v) is 7.24. The van der Waals surface area contributed by atoms with Gasteiger partial charge in [0.25, 0.3) is 5.91 Å². The van der Waals surface area contributed by atoms with Gasteiger partial charge >= 0.3 is 0 Å². The van der Waals surface area contributed by atoms with Crippen LogP contribution in [0.2, 0.25) is 0 Å². The van der Waals surface area contributed by atoms with Crippen LogP contribution in [0, 0.1) is 12.8 Å². The van der Waals surface area contributed by atoms with Crippen LogP contribution in [0.1, 0.15) is 46.7 Å². The van der Waals surface area contributed by atoms with E-state index in [1.165, 1.54) is 31.4 Å². The first-order chi connectivity index (χ1) is 11.7. The molecule has 132 valence electrons. The molecule has 2 aliphatic rings. The number of hydrogen-bond acceptors (Lipinski definition) is 2. The molecule has 2 aliphatic carbocycles. The molecule has 0 saturated heterocycles. The summed E-state index contributed by atoms with van der Waals surface area (Å²) >= 11 is 0. The highest BCUT2D eigenvalue weighted by Crippen LogP contribution is 2.41. The Morgan fingerprint density at radius 2 is 1.72 bits per heavy atom. The normalized spacial score (nSPS) is 21.3. The summed E-state index contributed by atoms with van der Waals surface area (Å²) in [5.74, 6) is 1.52. The summed E-state index contributed by atoms with van der Waals surface area (Å²) in [6, 6.07) is 16.6. The van der Waals surface area contributed by atoms with E-state index in [1.54, 1.807) is 0 Å². The molecule has 2 N–H and O–H groups in total. The molecule has 2 aromatic rings. The van der Waals surface area contributed by atoms with Crippen molar-refractivity contribution in [2.45, 2.75) is 38.1 Å². The molecule has 0 spiro atoms. The minimum atomic E-state index is -0.0573. The zero-order chi connectivity index (χ0) is 16.5. The SMILES string of the molecule is Cc1ccc(C(=O)Nc2ccc(C3CC3NCC3CC3)cc2)cc1.Cl. The van der Waals surface area contributed by atoms with E-state index >= 15 is 0 Å². The lowest BCUT2D eigenvalue weighted by molar-refractivity contribution is 0.102. The maximum Gasteiger partial charge on any atom is 0.255 e. The summed E-state index contributed by atoms with van der Waals surface area (Å²) in [7, 11) is 0. The molecule has 0 radical (unpaired) electrons. The number of amides is 1. The van der Waals surface area contributed by atoms with Crippen molar-refractivity contribution in [1.82, 2.24) is 5.32 Å². The second-order valence-electron chi connectivity index (χ2n) is 7.24. The van der Waals surface area contributed by atoms with E-state index in [4.69, 9.17) is 0 Å². The Balaban J connectivity index is 0.00000182. The zero-order valence-corrected chi connectivity index (χ0v) is 15.3. The third kappa shape index (κ3) is 4.62. The topological polar surface area (TPSA) is 41.1 Å². The van der Waals surface area contributed by atoms with E-state index in [9.17, 15) is 4.79 Å². The van der Waals surface area contributed by atoms with Crippen molar-refractivity contribution >= 4 is 24.0 Å². The van der Waals surface area contributed by atoms with Crippen molar-refractivity contribution in [2.24, 2.45) is 5.92 Å². The van der Waals surface area contributed by atoms with Gasteiger partial charge in [0.1, 0.15) is 0 Å². The van der Waals surface area contributed by atoms with E-state index in [1.807, 2.05) is 43.3 Å². The lowest BCUT2D eigenvalue weighted by Crippen LogP contribution is -2.20. The summed E-state index contributed by atoms with van der Waals surface area (Å²) in [6.07, 6.45) is 4.04. The first-order valence-electron chi connectivity index (χ1n) is 8.90. The van der Waals surface area contributed by atoms with Gasteiger partial charge in [-0.1, -0.05) is 29.8 Å². The molecule has 1 amide bonds. The Bertz CT molecular complexity index is 723. The first kappa shape index (κ1) is 18.0. The third-order valence-electron chi connectivity index (χ3n) is 5.07. The second kappa shape index (κ2) is 7.59. The highest BCUT2D eigenvalue weighted by atomic mass is 35.5. The van der Waals surface area contributed by atoms with E-state index in [0.29, 0.717) is 17.5 Å². The molecule has 0 aromatic heterocycles. The quantitative estimate of drug-likeness (QED) is 0.798. The smallest absolute Gasteiger partial charge is 0.255 e. The van der Waals surface area contributed by atoms with Crippen LogP contribution in [-0.2, 0) is 0 Å². The van der Waals surface area contributed by atoms with Crippen molar-refractivity contribution < 1.29 is 4.79 Å². The number of hydrogen-bond donors (Lipinski definition) is 2. The van der Waals surface area contributed by atoms with E-state index in [-0.39, 0.29) is 18.3 Å². The van der Waals surface area contributed by atoms with E-state index in [0.717, 1.165) is 17.2 Å². The maximum absolute atomic E-state index is 12.2. The Morgan fingerprint density at radius 1 is 1.04 bits per heavy atom. The Hall–Kier alpha value is -1.84. The molecular formula is C21H25ClN2O. The van der Waals surface area contributed by atoms with Gasteiger partial charge in [-0.2, -0.15) is 0 Å². The highest BCUT2D eigenvalue weighted by molar-refractivity contribution is 6.04. The van der Waals surface area contributed by atoms with Crippen LogP contribution in [0.5, 0.6) is 0 Å². The van der Waals surface area contributed by atoms with Crippen molar-refractivity contribution in [2.75, 3.05) is 11.9 Å². The fourth-order valence-electron chi connectivity index (χ4n) is 3.15. The number of rotatable bonds is 6. The molecule has 2 fully saturated rings. The first-order valence-corrected chi connectivity index (χ1v) is 8.90. The van der Waals surface area contributed by atoms with E-state index < -0.39 is 0 Å². The van der Waals surface area contributed by atoms with Crippen LogP contribution in [0.25, 0.3) is 0 Å². The fraction of sp³-hybridized carbons (Fsp3) is 0.381. The van der Waals surface area contributed by atoms with E-state index in [2.05, 4.69) is 22.8 Å². The van der Waals surface area contributed by atoms with Crippen molar-refractivity contribution in [3.05, 3.63) is 65.2 Å². The molecule has 2 unspecified atom stereocenters. The predicted octanol–water partition coefficient (Wildman–Crippen LogP) is 4.52. The van der Waals surface area contributed by atoms with Gasteiger partial charge < -0.3 is 10.6 Å². The molecule has 25 heavy (non-hydrogen) atoms. The van der Waals surface area contributed by atoms with Crippen LogP contribution >= 0.6 is 12.4 Å². The summed E-state index contributed by atoms with van der Waals surface area (Å²) < 4.78 is 0. The molecule has 2 atom stereocenters. The molecule has 3 nitrogen and oxygen atoms in total. The summed E-state index contributed by atoms with van der Waals surface area (Å²) in [6.45, 7) is 3.21. The molecule has 0 aliphatic heterocycles. The van der Waals surface area contributed by atoms with Crippen molar-refractivity contribution in [3.8, 4) is 0 Å². The monoisotopic (exact) mass is 356 g/mol. The number of carbonyl (C=O) groups excluding carboxylic acids is 1. The van der Waals surface area contributed by atoms with Crippen molar-refractivity contribution in [3.63, 3.8) is 0 Å². The van der Waals surface area contributed by atoms with Crippen LogP contribution in [0.3, 0.4) is 0 Å². The van der Waals surface area contributed by atoms with Gasteiger partial charge in [-0.15, -0.1) is 12.4 Å². The fourth-order valence-corrected chi connectivity index (χ4v) is 3.15. The number of nitrogens with one attached hydrogen (secondary N) is 2. The largest absolute Gasteiger partial charge is 0.322 e. The van der Waals surface area contributed by atoms with Crippen LogP contribution < -0.4 is 10.6 Å². The lowest BCUT2D eigenvalue weighted by atomic mass is 10.1. The van der Waals surface area contributed by atoms with Gasteiger partial charge in [0.2, 0.25) is 0 Å². The van der Waals surface area contributed by atoms with Crippen LogP contribution in [-0.4, -0.2) is 18.5 Å². The standard InChI is InChI=1S/C21H24N2O.ClH/c1-14-2-6-17(7-3-14)21(24)23-18-10-8-16(9-11-18)19-12-20(19)22-13-15-4-5-15;/h2-3,6-11,15,19-20,22H,4-5,12-13H2,1H3,(H,23,24);1H. The van der Waals surface area contributed by atoms with Gasteiger partial charge in [-0.05, 0) is 68.5 Å². The van der Waals surface area contributed by atoms with Gasteiger partial charge in [0, 0.05) is 23.2 Å². The third-order valence-corrected chi connectivity index (χ3v) is 5.07. The Morgan fingerprint density at radius 3 is 2.36 bits per heavy atom. The number of aryl methyl sites for hydroxylation is 1. The average Bonchev–Trinajstić information content (AvgIpc) is 3.49. The number of carbonyl (C=O) groups is 1. The molecule has 0 bridgehead atoms. The summed E-state index contributed by atoms with van der Waals surface area (Å²) in [5.41, 5.74) is 4.07. The number of halogens is 1. The summed E-state index contributed by atoms with van der Waals surface area (Å²) in [5, 5.41) is 6.64. The zero-order valence-electron chi connectivity index (χ0n) is 14.5. The average molecular weight is 357 g/mol. The molecule has 4 rings (SSSR count). The van der Waals surface area contributed by atoms with Gasteiger partial charge in [-0.25, -0.2) is 0 Å². The van der Waals surface area contributed by atoms with Gasteiger partial charge in [-0.3, -0.25) is 4.79 Å². The molecule has 4 heteroatoms. The minimum absolute atomic E-state index is 0. The van der Waals surface area contributed by atoms with Gasteiger partial charge in [0.15, 0.2) is 0 Å². The minimum Gasteiger partial charge on any atom is -0.322 e. The molecule has 0 heterocycles. The Kier molecular flexibility index (Phi) is 5.45. The molecular weight excluding hydrogens is 332 g/mol. The number of benzene rings is 2. The predicted molar refractivity (Wildman–Crippen MR) is 105 cm³/mol. The highest BCUT2D eigenvalue weighted by Gasteiger charge is 2.38. The maximum atomic E-state index is 12.2. The summed E-state index contributed by atoms with van der Waals surface area (Å²) in [4.78, 5) is 12.2. The lowest BCUT2D eigenvalue weighted by Gasteiger charge is -2.07. The number of anilines is 1. The molecule has 2 saturated carbocycles. The molecule has 2 aromatic carbocycles. The van der Waals surface area contributed by atoms with Crippen LogP contribution in [0.15, 0.2) is 48.5 Å². The van der Waals surface area contributed by atoms with Crippen molar-refractivity contribution in [1.29, 1.82) is 0 Å².